The monoisotopic (exact) mass is 519 g/mol. The van der Waals surface area contributed by atoms with Crippen molar-refractivity contribution in [1.82, 2.24) is 4.57 Å². The van der Waals surface area contributed by atoms with Crippen molar-refractivity contribution in [2.75, 3.05) is 10.0 Å². The van der Waals surface area contributed by atoms with Gasteiger partial charge in [-0.25, -0.2) is 12.8 Å². The first-order valence-electron chi connectivity index (χ1n) is 9.09. The summed E-state index contributed by atoms with van der Waals surface area (Å²) < 4.78 is 44.5. The number of anilines is 3. The standard InChI is InChI=1S/C19H23FIN3O3S/c1-11(2)24-10-17(23-28(26,27)14-5-4-6-14)18(12(3)19(24)25)22-16-8-7-13(21)9-15(16)20/h7-11,14,22-23H,4-6H2,1-3H3. The number of sulfonamides is 1. The molecule has 0 unspecified atom stereocenters. The van der Waals surface area contributed by atoms with Crippen molar-refractivity contribution in [1.29, 1.82) is 0 Å². The molecule has 1 aliphatic carbocycles. The van der Waals surface area contributed by atoms with E-state index in [-0.39, 0.29) is 28.7 Å². The van der Waals surface area contributed by atoms with Crippen LogP contribution in [0.3, 0.4) is 0 Å². The van der Waals surface area contributed by atoms with Crippen LogP contribution in [0, 0.1) is 16.3 Å². The van der Waals surface area contributed by atoms with Crippen LogP contribution < -0.4 is 15.6 Å². The van der Waals surface area contributed by atoms with Gasteiger partial charge in [-0.3, -0.25) is 9.52 Å². The number of pyridine rings is 1. The Bertz CT molecular complexity index is 1060. The average molecular weight is 519 g/mol. The second-order valence-corrected chi connectivity index (χ2v) is 10.5. The lowest BCUT2D eigenvalue weighted by atomic mass is 10.0. The van der Waals surface area contributed by atoms with Gasteiger partial charge in [0, 0.05) is 21.4 Å². The van der Waals surface area contributed by atoms with E-state index in [1.807, 2.05) is 36.4 Å². The quantitative estimate of drug-likeness (QED) is 0.551. The molecule has 1 heterocycles. The smallest absolute Gasteiger partial charge is 0.255 e. The van der Waals surface area contributed by atoms with Gasteiger partial charge in [0.1, 0.15) is 5.82 Å². The van der Waals surface area contributed by atoms with E-state index in [0.29, 0.717) is 18.4 Å². The van der Waals surface area contributed by atoms with E-state index in [2.05, 4.69) is 10.0 Å². The summed E-state index contributed by atoms with van der Waals surface area (Å²) in [6.07, 6.45) is 3.61. The van der Waals surface area contributed by atoms with E-state index in [1.54, 1.807) is 19.1 Å². The molecule has 0 radical (unpaired) electrons. The van der Waals surface area contributed by atoms with Gasteiger partial charge in [0.25, 0.3) is 5.56 Å². The molecule has 28 heavy (non-hydrogen) atoms. The highest BCUT2D eigenvalue weighted by Gasteiger charge is 2.32. The Balaban J connectivity index is 2.10. The lowest BCUT2D eigenvalue weighted by Crippen LogP contribution is -2.34. The lowest BCUT2D eigenvalue weighted by molar-refractivity contribution is 0.479. The Labute approximate surface area is 177 Å². The largest absolute Gasteiger partial charge is 0.351 e. The molecule has 0 saturated heterocycles. The molecule has 3 rings (SSSR count). The second kappa shape index (κ2) is 8.02. The highest BCUT2D eigenvalue weighted by atomic mass is 127. The summed E-state index contributed by atoms with van der Waals surface area (Å²) in [6, 6.07) is 4.51. The van der Waals surface area contributed by atoms with Gasteiger partial charge in [-0.15, -0.1) is 0 Å². The van der Waals surface area contributed by atoms with E-state index < -0.39 is 21.1 Å². The first kappa shape index (κ1) is 21.1. The van der Waals surface area contributed by atoms with Crippen molar-refractivity contribution in [3.05, 3.63) is 49.7 Å². The molecule has 0 amide bonds. The molecule has 0 aliphatic heterocycles. The van der Waals surface area contributed by atoms with Crippen molar-refractivity contribution in [3.8, 4) is 0 Å². The number of hydrogen-bond acceptors (Lipinski definition) is 4. The SMILES string of the molecule is Cc1c(Nc2ccc(I)cc2F)c(NS(=O)(=O)C2CCC2)cn(C(C)C)c1=O. The number of nitrogens with one attached hydrogen (secondary N) is 2. The molecule has 9 heteroatoms. The first-order valence-corrected chi connectivity index (χ1v) is 11.7. The van der Waals surface area contributed by atoms with Crippen LogP contribution in [0.5, 0.6) is 0 Å². The summed E-state index contributed by atoms with van der Waals surface area (Å²) >= 11 is 2.01. The summed E-state index contributed by atoms with van der Waals surface area (Å²) in [5.41, 5.74) is 0.755. The van der Waals surface area contributed by atoms with Crippen LogP contribution in [0.1, 0.15) is 44.7 Å². The van der Waals surface area contributed by atoms with Crippen molar-refractivity contribution in [2.24, 2.45) is 0 Å². The third kappa shape index (κ3) is 4.19. The van der Waals surface area contributed by atoms with Gasteiger partial charge in [-0.2, -0.15) is 0 Å². The predicted octanol–water partition coefficient (Wildman–Crippen LogP) is 4.52. The van der Waals surface area contributed by atoms with Crippen molar-refractivity contribution >= 4 is 49.7 Å². The molecule has 1 aromatic heterocycles. The maximum absolute atomic E-state index is 14.3. The molecule has 152 valence electrons. The minimum Gasteiger partial charge on any atom is -0.351 e. The molecule has 6 nitrogen and oxygen atoms in total. The van der Waals surface area contributed by atoms with Crippen LogP contribution in [0.25, 0.3) is 0 Å². The Morgan fingerprint density at radius 1 is 1.25 bits per heavy atom. The fraction of sp³-hybridized carbons (Fsp3) is 0.421. The van der Waals surface area contributed by atoms with E-state index in [9.17, 15) is 17.6 Å². The first-order chi connectivity index (χ1) is 13.1. The lowest BCUT2D eigenvalue weighted by Gasteiger charge is -2.27. The Morgan fingerprint density at radius 3 is 2.46 bits per heavy atom. The maximum atomic E-state index is 14.3. The van der Waals surface area contributed by atoms with Crippen molar-refractivity contribution in [2.45, 2.75) is 51.3 Å². The minimum atomic E-state index is -3.58. The highest BCUT2D eigenvalue weighted by Crippen LogP contribution is 2.33. The van der Waals surface area contributed by atoms with Gasteiger partial charge in [0.2, 0.25) is 10.0 Å². The number of nitrogens with zero attached hydrogens (tertiary/aromatic N) is 1. The Morgan fingerprint density at radius 2 is 1.93 bits per heavy atom. The van der Waals surface area contributed by atoms with E-state index in [0.717, 1.165) is 9.99 Å². The molecule has 2 aromatic rings. The summed E-state index contributed by atoms with van der Waals surface area (Å²) in [5, 5.41) is 2.49. The Kier molecular flexibility index (Phi) is 6.04. The second-order valence-electron chi connectivity index (χ2n) is 7.30. The van der Waals surface area contributed by atoms with Gasteiger partial charge in [-0.1, -0.05) is 6.42 Å². The van der Waals surface area contributed by atoms with Crippen LogP contribution in [-0.2, 0) is 10.0 Å². The Hall–Kier alpha value is -1.62. The highest BCUT2D eigenvalue weighted by molar-refractivity contribution is 14.1. The summed E-state index contributed by atoms with van der Waals surface area (Å²) in [5.74, 6) is -0.480. The van der Waals surface area contributed by atoms with Crippen molar-refractivity contribution < 1.29 is 12.8 Å². The van der Waals surface area contributed by atoms with Gasteiger partial charge >= 0.3 is 0 Å². The fourth-order valence-corrected chi connectivity index (χ4v) is 5.07. The molecular formula is C19H23FIN3O3S. The molecular weight excluding hydrogens is 496 g/mol. The molecule has 0 bridgehead atoms. The number of halogens is 2. The van der Waals surface area contributed by atoms with Gasteiger partial charge in [-0.05, 0) is 74.4 Å². The zero-order valence-corrected chi connectivity index (χ0v) is 18.9. The summed E-state index contributed by atoms with van der Waals surface area (Å²) in [7, 11) is -3.58. The van der Waals surface area contributed by atoms with E-state index in [4.69, 9.17) is 0 Å². The molecule has 2 N–H and O–H groups in total. The van der Waals surface area contributed by atoms with E-state index >= 15 is 0 Å². The van der Waals surface area contributed by atoms with Crippen molar-refractivity contribution in [3.63, 3.8) is 0 Å². The average Bonchev–Trinajstić information content (AvgIpc) is 2.53. The van der Waals surface area contributed by atoms with Crippen LogP contribution in [-0.4, -0.2) is 18.2 Å². The molecule has 1 fully saturated rings. The number of aromatic nitrogens is 1. The van der Waals surface area contributed by atoms with Gasteiger partial charge < -0.3 is 9.88 Å². The summed E-state index contributed by atoms with van der Waals surface area (Å²) in [4.78, 5) is 12.7. The minimum absolute atomic E-state index is 0.151. The van der Waals surface area contributed by atoms with Crippen LogP contribution >= 0.6 is 22.6 Å². The van der Waals surface area contributed by atoms with E-state index in [1.165, 1.54) is 16.8 Å². The zero-order valence-electron chi connectivity index (χ0n) is 15.9. The topological polar surface area (TPSA) is 80.2 Å². The third-order valence-corrected chi connectivity index (χ3v) is 7.48. The molecule has 0 atom stereocenters. The molecule has 0 spiro atoms. The number of benzene rings is 1. The van der Waals surface area contributed by atoms with Gasteiger partial charge in [0.15, 0.2) is 0 Å². The van der Waals surface area contributed by atoms with Crippen LogP contribution in [0.2, 0.25) is 0 Å². The van der Waals surface area contributed by atoms with Crippen LogP contribution in [0.15, 0.2) is 29.2 Å². The van der Waals surface area contributed by atoms with Crippen LogP contribution in [0.4, 0.5) is 21.5 Å². The summed E-state index contributed by atoms with van der Waals surface area (Å²) in [6.45, 7) is 5.29. The number of rotatable bonds is 6. The maximum Gasteiger partial charge on any atom is 0.255 e. The normalized spacial score (nSPS) is 14.8. The predicted molar refractivity (Wildman–Crippen MR) is 118 cm³/mol. The van der Waals surface area contributed by atoms with Gasteiger partial charge in [0.05, 0.1) is 22.3 Å². The molecule has 1 aliphatic rings. The fourth-order valence-electron chi connectivity index (χ4n) is 3.03. The zero-order chi connectivity index (χ0) is 20.6. The number of hydrogen-bond donors (Lipinski definition) is 2. The third-order valence-electron chi connectivity index (χ3n) is 4.96. The molecule has 1 saturated carbocycles. The molecule has 1 aromatic carbocycles.